The second kappa shape index (κ2) is 5.87. The van der Waals surface area contributed by atoms with Crippen molar-refractivity contribution in [1.29, 1.82) is 0 Å². The molecule has 2 rings (SSSR count). The van der Waals surface area contributed by atoms with Crippen molar-refractivity contribution in [2.75, 3.05) is 18.4 Å². The number of rotatable bonds is 3. The molecule has 0 spiro atoms. The number of anilines is 1. The highest BCUT2D eigenvalue weighted by Gasteiger charge is 2.14. The number of benzene rings is 1. The number of nitrogens with two attached hydrogens (primary N) is 1. The number of nitrogens with one attached hydrogen (secondary N) is 2. The largest absolute Gasteiger partial charge is 0.382 e. The van der Waals surface area contributed by atoms with Gasteiger partial charge in [0, 0.05) is 17.3 Å². The molecule has 0 radical (unpaired) electrons. The van der Waals surface area contributed by atoms with Crippen LogP contribution >= 0.6 is 0 Å². The van der Waals surface area contributed by atoms with E-state index < -0.39 is 0 Å². The molecule has 98 valence electrons. The smallest absolute Gasteiger partial charge is 0.249 e. The molecule has 1 heterocycles. The molecule has 1 saturated heterocycles. The number of carbonyl (C=O) groups is 1. The average molecular weight is 247 g/mol. The van der Waals surface area contributed by atoms with E-state index in [2.05, 4.69) is 10.6 Å². The van der Waals surface area contributed by atoms with E-state index in [1.165, 1.54) is 6.42 Å². The van der Waals surface area contributed by atoms with Gasteiger partial charge < -0.3 is 16.4 Å². The molecule has 1 aliphatic heterocycles. The van der Waals surface area contributed by atoms with E-state index in [0.717, 1.165) is 37.2 Å². The Kier molecular flexibility index (Phi) is 4.20. The van der Waals surface area contributed by atoms with E-state index >= 15 is 0 Å². The first-order chi connectivity index (χ1) is 8.68. The Morgan fingerprint density at radius 3 is 3.00 bits per heavy atom. The molecule has 0 saturated carbocycles. The van der Waals surface area contributed by atoms with Gasteiger partial charge in [-0.15, -0.1) is 0 Å². The van der Waals surface area contributed by atoms with E-state index in [1.807, 2.05) is 19.1 Å². The topological polar surface area (TPSA) is 67.2 Å². The molecule has 4 nitrogen and oxygen atoms in total. The normalized spacial score (nSPS) is 20.2. The van der Waals surface area contributed by atoms with Crippen LogP contribution in [0.15, 0.2) is 18.2 Å². The number of amides is 1. The molecule has 1 aliphatic rings. The Morgan fingerprint density at radius 2 is 2.22 bits per heavy atom. The number of hydrogen-bond donors (Lipinski definition) is 3. The van der Waals surface area contributed by atoms with Gasteiger partial charge in [-0.25, -0.2) is 0 Å². The summed E-state index contributed by atoms with van der Waals surface area (Å²) in [7, 11) is 0. The van der Waals surface area contributed by atoms with Gasteiger partial charge in [0.2, 0.25) is 5.91 Å². The highest BCUT2D eigenvalue weighted by molar-refractivity contribution is 5.95. The third-order valence-electron chi connectivity index (χ3n) is 3.53. The SMILES string of the molecule is Cc1c(NC2CCCNCC2)cccc1C(N)=O. The highest BCUT2D eigenvalue weighted by Crippen LogP contribution is 2.21. The molecular weight excluding hydrogens is 226 g/mol. The molecule has 1 unspecified atom stereocenters. The van der Waals surface area contributed by atoms with Crippen molar-refractivity contribution in [2.45, 2.75) is 32.2 Å². The second-order valence-electron chi connectivity index (χ2n) is 4.86. The lowest BCUT2D eigenvalue weighted by Crippen LogP contribution is -2.22. The van der Waals surface area contributed by atoms with Crippen molar-refractivity contribution in [3.8, 4) is 0 Å². The molecule has 1 atom stereocenters. The van der Waals surface area contributed by atoms with Crippen LogP contribution in [0.4, 0.5) is 5.69 Å². The van der Waals surface area contributed by atoms with Crippen molar-refractivity contribution < 1.29 is 4.79 Å². The summed E-state index contributed by atoms with van der Waals surface area (Å²) in [6, 6.07) is 6.14. The van der Waals surface area contributed by atoms with Crippen LogP contribution in [-0.2, 0) is 0 Å². The Labute approximate surface area is 108 Å². The van der Waals surface area contributed by atoms with Crippen LogP contribution in [0, 0.1) is 6.92 Å². The summed E-state index contributed by atoms with van der Waals surface area (Å²) < 4.78 is 0. The Balaban J connectivity index is 2.13. The molecule has 4 heteroatoms. The summed E-state index contributed by atoms with van der Waals surface area (Å²) in [5, 5.41) is 6.93. The van der Waals surface area contributed by atoms with Crippen molar-refractivity contribution in [2.24, 2.45) is 5.73 Å². The lowest BCUT2D eigenvalue weighted by Gasteiger charge is -2.19. The van der Waals surface area contributed by atoms with Crippen LogP contribution in [0.25, 0.3) is 0 Å². The van der Waals surface area contributed by atoms with Gasteiger partial charge in [0.15, 0.2) is 0 Å². The zero-order valence-corrected chi connectivity index (χ0v) is 10.8. The van der Waals surface area contributed by atoms with Crippen LogP contribution in [-0.4, -0.2) is 25.0 Å². The monoisotopic (exact) mass is 247 g/mol. The van der Waals surface area contributed by atoms with Gasteiger partial charge in [0.25, 0.3) is 0 Å². The molecule has 0 bridgehead atoms. The molecule has 1 aromatic carbocycles. The van der Waals surface area contributed by atoms with Crippen LogP contribution in [0.1, 0.15) is 35.2 Å². The van der Waals surface area contributed by atoms with Gasteiger partial charge >= 0.3 is 0 Å². The molecular formula is C14H21N3O. The summed E-state index contributed by atoms with van der Waals surface area (Å²) in [6.45, 7) is 4.09. The van der Waals surface area contributed by atoms with Crippen molar-refractivity contribution in [3.05, 3.63) is 29.3 Å². The zero-order valence-electron chi connectivity index (χ0n) is 10.8. The third-order valence-corrected chi connectivity index (χ3v) is 3.53. The summed E-state index contributed by atoms with van der Waals surface area (Å²) in [5.41, 5.74) is 7.94. The lowest BCUT2D eigenvalue weighted by atomic mass is 10.0. The van der Waals surface area contributed by atoms with Crippen molar-refractivity contribution in [3.63, 3.8) is 0 Å². The molecule has 0 aliphatic carbocycles. The Morgan fingerprint density at radius 1 is 1.39 bits per heavy atom. The van der Waals surface area contributed by atoms with E-state index in [9.17, 15) is 4.79 Å². The summed E-state index contributed by atoms with van der Waals surface area (Å²) in [6.07, 6.45) is 3.46. The number of carbonyl (C=O) groups excluding carboxylic acids is 1. The second-order valence-corrected chi connectivity index (χ2v) is 4.86. The molecule has 0 aromatic heterocycles. The van der Waals surface area contributed by atoms with Crippen LogP contribution in [0.2, 0.25) is 0 Å². The fourth-order valence-electron chi connectivity index (χ4n) is 2.44. The maximum Gasteiger partial charge on any atom is 0.249 e. The number of primary amides is 1. The van der Waals surface area contributed by atoms with E-state index in [4.69, 9.17) is 5.73 Å². The minimum absolute atomic E-state index is 0.362. The minimum Gasteiger partial charge on any atom is -0.382 e. The van der Waals surface area contributed by atoms with Crippen LogP contribution in [0.3, 0.4) is 0 Å². The van der Waals surface area contributed by atoms with E-state index in [1.54, 1.807) is 6.07 Å². The molecule has 18 heavy (non-hydrogen) atoms. The first-order valence-corrected chi connectivity index (χ1v) is 6.55. The van der Waals surface area contributed by atoms with E-state index in [0.29, 0.717) is 11.6 Å². The van der Waals surface area contributed by atoms with E-state index in [-0.39, 0.29) is 5.91 Å². The lowest BCUT2D eigenvalue weighted by molar-refractivity contribution is 0.1000. The standard InChI is InChI=1S/C14H21N3O/c1-10-12(14(15)18)5-2-6-13(10)17-11-4-3-8-16-9-7-11/h2,5-6,11,16-17H,3-4,7-9H2,1H3,(H2,15,18). The first kappa shape index (κ1) is 12.9. The van der Waals surface area contributed by atoms with Gasteiger partial charge in [-0.3, -0.25) is 4.79 Å². The van der Waals surface area contributed by atoms with Gasteiger partial charge in [0.1, 0.15) is 0 Å². The van der Waals surface area contributed by atoms with Crippen LogP contribution < -0.4 is 16.4 Å². The fourth-order valence-corrected chi connectivity index (χ4v) is 2.44. The quantitative estimate of drug-likeness (QED) is 0.761. The third kappa shape index (κ3) is 3.01. The Bertz CT molecular complexity index is 423. The van der Waals surface area contributed by atoms with Gasteiger partial charge in [0.05, 0.1) is 0 Å². The van der Waals surface area contributed by atoms with Gasteiger partial charge in [-0.1, -0.05) is 6.07 Å². The highest BCUT2D eigenvalue weighted by atomic mass is 16.1. The number of hydrogen-bond acceptors (Lipinski definition) is 3. The Hall–Kier alpha value is -1.55. The zero-order chi connectivity index (χ0) is 13.0. The predicted molar refractivity (Wildman–Crippen MR) is 73.8 cm³/mol. The maximum atomic E-state index is 11.3. The fraction of sp³-hybridized carbons (Fsp3) is 0.500. The predicted octanol–water partition coefficient (Wildman–Crippen LogP) is 1.65. The maximum absolute atomic E-state index is 11.3. The molecule has 1 fully saturated rings. The summed E-state index contributed by atoms with van der Waals surface area (Å²) >= 11 is 0. The van der Waals surface area contributed by atoms with Crippen molar-refractivity contribution >= 4 is 11.6 Å². The van der Waals surface area contributed by atoms with Gasteiger partial charge in [-0.05, 0) is 57.0 Å². The molecule has 1 aromatic rings. The first-order valence-electron chi connectivity index (χ1n) is 6.55. The summed E-state index contributed by atoms with van der Waals surface area (Å²) in [5.74, 6) is -0.362. The average Bonchev–Trinajstić information content (AvgIpc) is 2.60. The molecule has 1 amide bonds. The minimum atomic E-state index is -0.362. The molecule has 4 N–H and O–H groups in total. The summed E-state index contributed by atoms with van der Waals surface area (Å²) in [4.78, 5) is 11.3. The van der Waals surface area contributed by atoms with Crippen molar-refractivity contribution in [1.82, 2.24) is 5.32 Å². The van der Waals surface area contributed by atoms with Crippen LogP contribution in [0.5, 0.6) is 0 Å². The van der Waals surface area contributed by atoms with Gasteiger partial charge in [-0.2, -0.15) is 0 Å².